The van der Waals surface area contributed by atoms with Crippen LogP contribution in [0.3, 0.4) is 0 Å². The van der Waals surface area contributed by atoms with E-state index in [9.17, 15) is 4.79 Å². The summed E-state index contributed by atoms with van der Waals surface area (Å²) < 4.78 is 4.84. The summed E-state index contributed by atoms with van der Waals surface area (Å²) >= 11 is 0. The summed E-state index contributed by atoms with van der Waals surface area (Å²) in [7, 11) is 1.73. The molecule has 0 aliphatic heterocycles. The SMILES string of the molecule is C.CCCOC(=O)C(C)NC. The molecule has 0 aromatic carbocycles. The number of likely N-dealkylation sites (N-methyl/N-ethyl adjacent to an activating group) is 1. The summed E-state index contributed by atoms with van der Waals surface area (Å²) in [5, 5.41) is 2.80. The highest BCUT2D eigenvalue weighted by atomic mass is 16.5. The van der Waals surface area contributed by atoms with Crippen LogP contribution in [0.15, 0.2) is 0 Å². The number of carbonyl (C=O) groups is 1. The number of rotatable bonds is 4. The van der Waals surface area contributed by atoms with Crippen LogP contribution in [0.2, 0.25) is 0 Å². The van der Waals surface area contributed by atoms with Crippen LogP contribution in [0.25, 0.3) is 0 Å². The Hall–Kier alpha value is -0.570. The zero-order valence-electron chi connectivity index (χ0n) is 6.81. The van der Waals surface area contributed by atoms with E-state index in [1.807, 2.05) is 6.92 Å². The summed E-state index contributed by atoms with van der Waals surface area (Å²) in [5.74, 6) is -0.177. The molecule has 0 aliphatic rings. The third-order valence-electron chi connectivity index (χ3n) is 1.24. The normalized spacial score (nSPS) is 11.5. The fraction of sp³-hybridized carbons (Fsp3) is 0.875. The monoisotopic (exact) mass is 161 g/mol. The molecule has 0 aliphatic carbocycles. The van der Waals surface area contributed by atoms with Gasteiger partial charge in [-0.3, -0.25) is 4.79 Å². The van der Waals surface area contributed by atoms with Gasteiger partial charge < -0.3 is 10.1 Å². The Morgan fingerprint density at radius 2 is 2.18 bits per heavy atom. The molecule has 11 heavy (non-hydrogen) atoms. The predicted molar refractivity (Wildman–Crippen MR) is 46.5 cm³/mol. The Kier molecular flexibility index (Phi) is 8.94. The van der Waals surface area contributed by atoms with E-state index in [2.05, 4.69) is 5.32 Å². The van der Waals surface area contributed by atoms with Gasteiger partial charge in [0.25, 0.3) is 0 Å². The molecule has 1 atom stereocenters. The van der Waals surface area contributed by atoms with Gasteiger partial charge in [0.05, 0.1) is 6.61 Å². The summed E-state index contributed by atoms with van der Waals surface area (Å²) in [6.45, 7) is 4.26. The van der Waals surface area contributed by atoms with Crippen molar-refractivity contribution < 1.29 is 9.53 Å². The average Bonchev–Trinajstić information content (AvgIpc) is 1.98. The van der Waals surface area contributed by atoms with Crippen molar-refractivity contribution in [3.05, 3.63) is 0 Å². The van der Waals surface area contributed by atoms with Crippen molar-refractivity contribution in [3.8, 4) is 0 Å². The molecule has 1 N–H and O–H groups in total. The highest BCUT2D eigenvalue weighted by Crippen LogP contribution is 1.87. The van der Waals surface area contributed by atoms with Crippen molar-refractivity contribution in [1.82, 2.24) is 5.32 Å². The van der Waals surface area contributed by atoms with Crippen LogP contribution in [-0.2, 0) is 9.53 Å². The van der Waals surface area contributed by atoms with Crippen molar-refractivity contribution in [2.45, 2.75) is 33.7 Å². The number of nitrogens with one attached hydrogen (secondary N) is 1. The lowest BCUT2D eigenvalue weighted by atomic mass is 10.3. The first kappa shape index (κ1) is 13.1. The third-order valence-corrected chi connectivity index (χ3v) is 1.24. The Morgan fingerprint density at radius 1 is 1.64 bits per heavy atom. The molecule has 0 radical (unpaired) electrons. The van der Waals surface area contributed by atoms with Gasteiger partial charge >= 0.3 is 5.97 Å². The van der Waals surface area contributed by atoms with Gasteiger partial charge in [-0.15, -0.1) is 0 Å². The minimum absolute atomic E-state index is 0. The lowest BCUT2D eigenvalue weighted by Gasteiger charge is -2.08. The highest BCUT2D eigenvalue weighted by molar-refractivity contribution is 5.75. The quantitative estimate of drug-likeness (QED) is 0.629. The number of esters is 1. The van der Waals surface area contributed by atoms with Crippen molar-refractivity contribution in [3.63, 3.8) is 0 Å². The molecule has 3 nitrogen and oxygen atoms in total. The van der Waals surface area contributed by atoms with Gasteiger partial charge in [-0.2, -0.15) is 0 Å². The summed E-state index contributed by atoms with van der Waals surface area (Å²) in [6, 6.07) is -0.188. The molecule has 0 fully saturated rings. The predicted octanol–water partition coefficient (Wildman–Crippen LogP) is 1.18. The van der Waals surface area contributed by atoms with Gasteiger partial charge in [0.2, 0.25) is 0 Å². The molecule has 0 aromatic rings. The lowest BCUT2D eigenvalue weighted by Crippen LogP contribution is -2.32. The Morgan fingerprint density at radius 3 is 2.55 bits per heavy atom. The second kappa shape index (κ2) is 7.54. The first-order valence-corrected chi connectivity index (χ1v) is 3.56. The maximum atomic E-state index is 10.8. The van der Waals surface area contributed by atoms with Gasteiger partial charge in [0.15, 0.2) is 0 Å². The number of hydrogen-bond donors (Lipinski definition) is 1. The van der Waals surface area contributed by atoms with E-state index >= 15 is 0 Å². The molecule has 0 heterocycles. The van der Waals surface area contributed by atoms with Crippen molar-refractivity contribution in [2.24, 2.45) is 0 Å². The van der Waals surface area contributed by atoms with Gasteiger partial charge in [-0.05, 0) is 20.4 Å². The zero-order chi connectivity index (χ0) is 7.98. The molecule has 3 heteroatoms. The Labute approximate surface area is 69.1 Å². The van der Waals surface area contributed by atoms with E-state index < -0.39 is 0 Å². The molecule has 0 aromatic heterocycles. The van der Waals surface area contributed by atoms with Crippen LogP contribution in [0.5, 0.6) is 0 Å². The molecular formula is C8H19NO2. The number of ether oxygens (including phenoxy) is 1. The number of carbonyl (C=O) groups excluding carboxylic acids is 1. The first-order chi connectivity index (χ1) is 4.72. The van der Waals surface area contributed by atoms with E-state index in [0.717, 1.165) is 6.42 Å². The fourth-order valence-corrected chi connectivity index (χ4v) is 0.446. The molecule has 0 spiro atoms. The second-order valence-electron chi connectivity index (χ2n) is 2.18. The average molecular weight is 161 g/mol. The molecule has 1 unspecified atom stereocenters. The molecule has 0 amide bonds. The molecule has 0 saturated carbocycles. The van der Waals surface area contributed by atoms with Crippen molar-refractivity contribution in [1.29, 1.82) is 0 Å². The van der Waals surface area contributed by atoms with E-state index in [1.165, 1.54) is 0 Å². The van der Waals surface area contributed by atoms with E-state index in [1.54, 1.807) is 14.0 Å². The standard InChI is InChI=1S/C7H15NO2.CH4/c1-4-5-10-7(9)6(2)8-3;/h6,8H,4-5H2,1-3H3;1H4. The minimum atomic E-state index is -0.188. The van der Waals surface area contributed by atoms with Crippen LogP contribution in [0, 0.1) is 0 Å². The molecule has 0 bridgehead atoms. The zero-order valence-corrected chi connectivity index (χ0v) is 6.81. The summed E-state index contributed by atoms with van der Waals surface area (Å²) in [4.78, 5) is 10.8. The van der Waals surface area contributed by atoms with Crippen LogP contribution in [-0.4, -0.2) is 25.7 Å². The van der Waals surface area contributed by atoms with Gasteiger partial charge in [0.1, 0.15) is 6.04 Å². The first-order valence-electron chi connectivity index (χ1n) is 3.56. The summed E-state index contributed by atoms with van der Waals surface area (Å²) in [5.41, 5.74) is 0. The molecule has 0 saturated heterocycles. The minimum Gasteiger partial charge on any atom is -0.465 e. The van der Waals surface area contributed by atoms with Crippen LogP contribution >= 0.6 is 0 Å². The lowest BCUT2D eigenvalue weighted by molar-refractivity contribution is -0.145. The Balaban J connectivity index is 0. The smallest absolute Gasteiger partial charge is 0.322 e. The topological polar surface area (TPSA) is 38.3 Å². The third kappa shape index (κ3) is 5.85. The van der Waals surface area contributed by atoms with Gasteiger partial charge in [0, 0.05) is 0 Å². The fourth-order valence-electron chi connectivity index (χ4n) is 0.446. The van der Waals surface area contributed by atoms with Crippen LogP contribution < -0.4 is 5.32 Å². The van der Waals surface area contributed by atoms with Crippen LogP contribution in [0.4, 0.5) is 0 Å². The molecule has 0 rings (SSSR count). The van der Waals surface area contributed by atoms with Gasteiger partial charge in [-0.1, -0.05) is 14.4 Å². The van der Waals surface area contributed by atoms with Crippen molar-refractivity contribution >= 4 is 5.97 Å². The molecular weight excluding hydrogens is 142 g/mol. The van der Waals surface area contributed by atoms with Gasteiger partial charge in [-0.25, -0.2) is 0 Å². The van der Waals surface area contributed by atoms with Crippen LogP contribution in [0.1, 0.15) is 27.7 Å². The van der Waals surface area contributed by atoms with E-state index in [0.29, 0.717) is 6.61 Å². The van der Waals surface area contributed by atoms with E-state index in [-0.39, 0.29) is 19.4 Å². The van der Waals surface area contributed by atoms with E-state index in [4.69, 9.17) is 4.74 Å². The second-order valence-corrected chi connectivity index (χ2v) is 2.18. The number of hydrogen-bond acceptors (Lipinski definition) is 3. The maximum Gasteiger partial charge on any atom is 0.322 e. The highest BCUT2D eigenvalue weighted by Gasteiger charge is 2.09. The van der Waals surface area contributed by atoms with Crippen molar-refractivity contribution in [2.75, 3.05) is 13.7 Å². The largest absolute Gasteiger partial charge is 0.465 e. The summed E-state index contributed by atoms with van der Waals surface area (Å²) in [6.07, 6.45) is 0.877. The Bertz CT molecular complexity index is 104. The maximum absolute atomic E-state index is 10.8. The molecule has 68 valence electrons.